The fraction of sp³-hybridized carbons (Fsp3) is 0.636. The number of nitrogens with zero attached hydrogens (tertiary/aromatic N) is 2. The van der Waals surface area contributed by atoms with Crippen LogP contribution in [0.1, 0.15) is 25.2 Å². The summed E-state index contributed by atoms with van der Waals surface area (Å²) in [4.78, 5) is 8.64. The van der Waals surface area contributed by atoms with Gasteiger partial charge in [-0.15, -0.1) is 0 Å². The van der Waals surface area contributed by atoms with Crippen molar-refractivity contribution in [3.63, 3.8) is 0 Å². The molecule has 0 amide bonds. The van der Waals surface area contributed by atoms with Gasteiger partial charge >= 0.3 is 0 Å². The van der Waals surface area contributed by atoms with E-state index < -0.39 is 0 Å². The SMILES string of the molecule is Cc1cnc(C)c(NCCNC(C)C)n1. The van der Waals surface area contributed by atoms with Gasteiger partial charge in [-0.2, -0.15) is 0 Å². The van der Waals surface area contributed by atoms with Gasteiger partial charge in [0.2, 0.25) is 0 Å². The summed E-state index contributed by atoms with van der Waals surface area (Å²) in [5, 5.41) is 6.61. The molecule has 0 aromatic carbocycles. The van der Waals surface area contributed by atoms with Crippen LogP contribution in [0.5, 0.6) is 0 Å². The van der Waals surface area contributed by atoms with Gasteiger partial charge in [0.15, 0.2) is 0 Å². The van der Waals surface area contributed by atoms with Crippen molar-refractivity contribution in [1.29, 1.82) is 0 Å². The average molecular weight is 208 g/mol. The molecule has 0 saturated carbocycles. The van der Waals surface area contributed by atoms with Crippen LogP contribution in [0.3, 0.4) is 0 Å². The minimum Gasteiger partial charge on any atom is -0.367 e. The summed E-state index contributed by atoms with van der Waals surface area (Å²) in [6, 6.07) is 0.525. The van der Waals surface area contributed by atoms with Crippen LogP contribution >= 0.6 is 0 Å². The third-order valence-corrected chi connectivity index (χ3v) is 2.05. The Morgan fingerprint density at radius 1 is 1.27 bits per heavy atom. The Morgan fingerprint density at radius 2 is 2.00 bits per heavy atom. The zero-order chi connectivity index (χ0) is 11.3. The van der Waals surface area contributed by atoms with E-state index in [0.717, 1.165) is 30.3 Å². The van der Waals surface area contributed by atoms with E-state index in [1.807, 2.05) is 13.8 Å². The second kappa shape index (κ2) is 5.66. The highest BCUT2D eigenvalue weighted by Gasteiger charge is 2.00. The molecule has 0 atom stereocenters. The number of hydrogen-bond acceptors (Lipinski definition) is 4. The van der Waals surface area contributed by atoms with Gasteiger partial charge in [0, 0.05) is 25.3 Å². The van der Waals surface area contributed by atoms with Gasteiger partial charge in [-0.05, 0) is 13.8 Å². The molecular formula is C11H20N4. The van der Waals surface area contributed by atoms with E-state index in [1.54, 1.807) is 6.20 Å². The predicted molar refractivity (Wildman–Crippen MR) is 63.1 cm³/mol. The van der Waals surface area contributed by atoms with E-state index in [2.05, 4.69) is 34.4 Å². The number of aryl methyl sites for hydroxylation is 2. The van der Waals surface area contributed by atoms with Gasteiger partial charge in [0.25, 0.3) is 0 Å². The molecule has 15 heavy (non-hydrogen) atoms. The van der Waals surface area contributed by atoms with E-state index >= 15 is 0 Å². The summed E-state index contributed by atoms with van der Waals surface area (Å²) in [6.45, 7) is 9.99. The quantitative estimate of drug-likeness (QED) is 0.720. The summed E-state index contributed by atoms with van der Waals surface area (Å²) in [5.41, 5.74) is 1.89. The molecular weight excluding hydrogens is 188 g/mol. The van der Waals surface area contributed by atoms with Crippen LogP contribution in [0.4, 0.5) is 5.82 Å². The maximum atomic E-state index is 4.39. The Hall–Kier alpha value is -1.16. The second-order valence-corrected chi connectivity index (χ2v) is 3.98. The average Bonchev–Trinajstić information content (AvgIpc) is 2.17. The molecule has 0 aliphatic heterocycles. The maximum Gasteiger partial charge on any atom is 0.147 e. The first-order valence-electron chi connectivity index (χ1n) is 5.37. The van der Waals surface area contributed by atoms with Gasteiger partial charge in [0.1, 0.15) is 5.82 Å². The first-order chi connectivity index (χ1) is 7.09. The van der Waals surface area contributed by atoms with Crippen molar-refractivity contribution in [2.24, 2.45) is 0 Å². The summed E-state index contributed by atoms with van der Waals surface area (Å²) in [5.74, 6) is 0.889. The Morgan fingerprint density at radius 3 is 2.67 bits per heavy atom. The van der Waals surface area contributed by atoms with E-state index in [1.165, 1.54) is 0 Å². The molecule has 0 radical (unpaired) electrons. The normalized spacial score (nSPS) is 10.7. The molecule has 2 N–H and O–H groups in total. The highest BCUT2D eigenvalue weighted by atomic mass is 15.0. The van der Waals surface area contributed by atoms with Gasteiger partial charge in [-0.1, -0.05) is 13.8 Å². The molecule has 0 fully saturated rings. The fourth-order valence-corrected chi connectivity index (χ4v) is 1.25. The van der Waals surface area contributed by atoms with Crippen LogP contribution in [0, 0.1) is 13.8 Å². The topological polar surface area (TPSA) is 49.8 Å². The summed E-state index contributed by atoms with van der Waals surface area (Å²) in [6.07, 6.45) is 1.78. The Balaban J connectivity index is 2.40. The molecule has 84 valence electrons. The van der Waals surface area contributed by atoms with E-state index in [-0.39, 0.29) is 0 Å². The van der Waals surface area contributed by atoms with E-state index in [9.17, 15) is 0 Å². The third-order valence-electron chi connectivity index (χ3n) is 2.05. The van der Waals surface area contributed by atoms with E-state index in [4.69, 9.17) is 0 Å². The van der Waals surface area contributed by atoms with Crippen LogP contribution in [-0.2, 0) is 0 Å². The van der Waals surface area contributed by atoms with Crippen LogP contribution in [0.15, 0.2) is 6.20 Å². The zero-order valence-corrected chi connectivity index (χ0v) is 9.96. The maximum absolute atomic E-state index is 4.39. The Kier molecular flexibility index (Phi) is 4.49. The number of hydrogen-bond donors (Lipinski definition) is 2. The smallest absolute Gasteiger partial charge is 0.147 e. The minimum absolute atomic E-state index is 0.525. The Bertz CT molecular complexity index is 309. The molecule has 1 rings (SSSR count). The lowest BCUT2D eigenvalue weighted by Crippen LogP contribution is -2.28. The number of rotatable bonds is 5. The standard InChI is InChI=1S/C11H20N4/c1-8(2)12-5-6-13-11-10(4)14-7-9(3)15-11/h7-8,12H,5-6H2,1-4H3,(H,13,15). The molecule has 0 spiro atoms. The largest absolute Gasteiger partial charge is 0.367 e. The molecule has 0 unspecified atom stereocenters. The zero-order valence-electron chi connectivity index (χ0n) is 9.96. The van der Waals surface area contributed by atoms with Crippen molar-refractivity contribution in [1.82, 2.24) is 15.3 Å². The molecule has 0 saturated heterocycles. The van der Waals surface area contributed by atoms with Crippen LogP contribution < -0.4 is 10.6 Å². The molecule has 1 aromatic heterocycles. The molecule has 0 aliphatic carbocycles. The minimum atomic E-state index is 0.525. The summed E-state index contributed by atoms with van der Waals surface area (Å²) in [7, 11) is 0. The Labute approximate surface area is 91.5 Å². The highest BCUT2D eigenvalue weighted by molar-refractivity contribution is 5.39. The van der Waals surface area contributed by atoms with Crippen LogP contribution in [0.25, 0.3) is 0 Å². The molecule has 4 nitrogen and oxygen atoms in total. The van der Waals surface area contributed by atoms with E-state index in [0.29, 0.717) is 6.04 Å². The first kappa shape index (κ1) is 11.9. The lowest BCUT2D eigenvalue weighted by molar-refractivity contribution is 0.602. The molecule has 1 aromatic rings. The van der Waals surface area contributed by atoms with Crippen molar-refractivity contribution in [3.05, 3.63) is 17.6 Å². The van der Waals surface area contributed by atoms with Crippen molar-refractivity contribution in [2.75, 3.05) is 18.4 Å². The van der Waals surface area contributed by atoms with Crippen LogP contribution in [0.2, 0.25) is 0 Å². The van der Waals surface area contributed by atoms with Gasteiger partial charge in [-0.3, -0.25) is 4.98 Å². The molecule has 1 heterocycles. The van der Waals surface area contributed by atoms with Crippen molar-refractivity contribution in [2.45, 2.75) is 33.7 Å². The van der Waals surface area contributed by atoms with Crippen molar-refractivity contribution >= 4 is 5.82 Å². The van der Waals surface area contributed by atoms with Crippen molar-refractivity contribution in [3.8, 4) is 0 Å². The summed E-state index contributed by atoms with van der Waals surface area (Å²) >= 11 is 0. The predicted octanol–water partition coefficient (Wildman–Crippen LogP) is 1.50. The lowest BCUT2D eigenvalue weighted by Gasteiger charge is -2.10. The molecule has 0 bridgehead atoms. The number of aromatic nitrogens is 2. The highest BCUT2D eigenvalue weighted by Crippen LogP contribution is 2.07. The number of anilines is 1. The van der Waals surface area contributed by atoms with Crippen molar-refractivity contribution < 1.29 is 0 Å². The lowest BCUT2D eigenvalue weighted by atomic mass is 10.4. The third kappa shape index (κ3) is 4.25. The second-order valence-electron chi connectivity index (χ2n) is 3.98. The molecule has 0 aliphatic rings. The molecule has 4 heteroatoms. The van der Waals surface area contributed by atoms with Gasteiger partial charge < -0.3 is 10.6 Å². The van der Waals surface area contributed by atoms with Gasteiger partial charge in [-0.25, -0.2) is 4.98 Å². The summed E-state index contributed by atoms with van der Waals surface area (Å²) < 4.78 is 0. The van der Waals surface area contributed by atoms with Crippen LogP contribution in [-0.4, -0.2) is 29.1 Å². The fourth-order valence-electron chi connectivity index (χ4n) is 1.25. The monoisotopic (exact) mass is 208 g/mol. The number of nitrogens with one attached hydrogen (secondary N) is 2. The first-order valence-corrected chi connectivity index (χ1v) is 5.37. The van der Waals surface area contributed by atoms with Gasteiger partial charge in [0.05, 0.1) is 11.4 Å².